The molecule has 6 nitrogen and oxygen atoms in total. The summed E-state index contributed by atoms with van der Waals surface area (Å²) in [5.41, 5.74) is 1.15. The molecule has 0 spiro atoms. The van der Waals surface area contributed by atoms with E-state index in [4.69, 9.17) is 14.7 Å². The molecule has 24 heavy (non-hydrogen) atoms. The maximum absolute atomic E-state index is 11.8. The van der Waals surface area contributed by atoms with Crippen molar-refractivity contribution in [3.8, 4) is 17.7 Å². The predicted molar refractivity (Wildman–Crippen MR) is 90.1 cm³/mol. The fraction of sp³-hybridized carbons (Fsp3) is 0.278. The molecule has 0 aliphatic heterocycles. The Labute approximate surface area is 141 Å². The van der Waals surface area contributed by atoms with Gasteiger partial charge in [0.2, 0.25) is 5.88 Å². The van der Waals surface area contributed by atoms with Crippen molar-refractivity contribution < 1.29 is 14.3 Å². The number of aryl methyl sites for hydroxylation is 1. The molecule has 0 aliphatic carbocycles. The lowest BCUT2D eigenvalue weighted by Crippen LogP contribution is -2.27. The highest BCUT2D eigenvalue weighted by Gasteiger charge is 2.17. The second-order valence-corrected chi connectivity index (χ2v) is 6.17. The van der Waals surface area contributed by atoms with Gasteiger partial charge in [0, 0.05) is 6.07 Å². The van der Waals surface area contributed by atoms with Crippen molar-refractivity contribution in [1.82, 2.24) is 4.98 Å². The van der Waals surface area contributed by atoms with E-state index in [9.17, 15) is 4.79 Å². The molecule has 0 bridgehead atoms. The van der Waals surface area contributed by atoms with Crippen LogP contribution in [0, 0.1) is 18.3 Å². The Morgan fingerprint density at radius 3 is 2.62 bits per heavy atom. The van der Waals surface area contributed by atoms with E-state index >= 15 is 0 Å². The van der Waals surface area contributed by atoms with E-state index in [-0.39, 0.29) is 0 Å². The second-order valence-electron chi connectivity index (χ2n) is 6.17. The number of benzene rings is 1. The number of carbonyl (C=O) groups excluding carboxylic acids is 1. The van der Waals surface area contributed by atoms with Gasteiger partial charge in [0.25, 0.3) is 0 Å². The van der Waals surface area contributed by atoms with Crippen LogP contribution in [0.2, 0.25) is 0 Å². The van der Waals surface area contributed by atoms with Crippen LogP contribution < -0.4 is 10.1 Å². The molecule has 1 aromatic heterocycles. The molecule has 0 saturated carbocycles. The number of aromatic nitrogens is 1. The molecule has 0 fully saturated rings. The van der Waals surface area contributed by atoms with Crippen molar-refractivity contribution in [2.45, 2.75) is 33.3 Å². The quantitative estimate of drug-likeness (QED) is 0.904. The standard InChI is InChI=1S/C18H19N3O3/c1-12-9-16(23-15-8-6-5-7-13(15)10-19)20-11-14(12)21-17(22)24-18(2,3)4/h5-9,11H,1-4H3,(H,21,22). The van der Waals surface area contributed by atoms with Gasteiger partial charge in [-0.05, 0) is 45.4 Å². The van der Waals surface area contributed by atoms with Crippen LogP contribution in [-0.4, -0.2) is 16.7 Å². The minimum atomic E-state index is -0.574. The first-order valence-corrected chi connectivity index (χ1v) is 7.42. The molecule has 0 radical (unpaired) electrons. The Morgan fingerprint density at radius 2 is 2.00 bits per heavy atom. The number of amides is 1. The molecule has 1 aromatic carbocycles. The lowest BCUT2D eigenvalue weighted by molar-refractivity contribution is 0.0635. The maximum atomic E-state index is 11.8. The van der Waals surface area contributed by atoms with E-state index in [2.05, 4.69) is 16.4 Å². The molecule has 0 unspecified atom stereocenters. The number of rotatable bonds is 3. The summed E-state index contributed by atoms with van der Waals surface area (Å²) in [6.45, 7) is 7.20. The molecule has 124 valence electrons. The van der Waals surface area contributed by atoms with Gasteiger partial charge in [0.05, 0.1) is 17.4 Å². The lowest BCUT2D eigenvalue weighted by atomic mass is 10.2. The summed E-state index contributed by atoms with van der Waals surface area (Å²) in [4.78, 5) is 16.0. The summed E-state index contributed by atoms with van der Waals surface area (Å²) in [6.07, 6.45) is 0.944. The summed E-state index contributed by atoms with van der Waals surface area (Å²) in [6, 6.07) is 10.6. The van der Waals surface area contributed by atoms with E-state index in [1.165, 1.54) is 6.20 Å². The van der Waals surface area contributed by atoms with Gasteiger partial charge in [-0.1, -0.05) is 12.1 Å². The zero-order valence-corrected chi connectivity index (χ0v) is 14.1. The number of hydrogen-bond donors (Lipinski definition) is 1. The zero-order chi connectivity index (χ0) is 17.7. The Hall–Kier alpha value is -3.07. The monoisotopic (exact) mass is 325 g/mol. The third kappa shape index (κ3) is 4.71. The van der Waals surface area contributed by atoms with Crippen LogP contribution in [0.3, 0.4) is 0 Å². The topological polar surface area (TPSA) is 84.2 Å². The van der Waals surface area contributed by atoms with Crippen LogP contribution in [0.4, 0.5) is 10.5 Å². The van der Waals surface area contributed by atoms with Gasteiger partial charge in [0.1, 0.15) is 17.4 Å². The highest BCUT2D eigenvalue weighted by Crippen LogP contribution is 2.26. The van der Waals surface area contributed by atoms with Gasteiger partial charge in [0.15, 0.2) is 0 Å². The Balaban J connectivity index is 2.13. The van der Waals surface area contributed by atoms with Crippen molar-refractivity contribution in [2.75, 3.05) is 5.32 Å². The second kappa shape index (κ2) is 7.01. The molecule has 2 aromatic rings. The summed E-state index contributed by atoms with van der Waals surface area (Å²) >= 11 is 0. The van der Waals surface area contributed by atoms with Gasteiger partial charge in [-0.15, -0.1) is 0 Å². The van der Waals surface area contributed by atoms with Gasteiger partial charge in [-0.25, -0.2) is 9.78 Å². The van der Waals surface area contributed by atoms with E-state index in [1.54, 1.807) is 51.1 Å². The van der Waals surface area contributed by atoms with Crippen molar-refractivity contribution >= 4 is 11.8 Å². The Kier molecular flexibility index (Phi) is 5.05. The van der Waals surface area contributed by atoms with Crippen molar-refractivity contribution in [2.24, 2.45) is 0 Å². The van der Waals surface area contributed by atoms with E-state index < -0.39 is 11.7 Å². The van der Waals surface area contributed by atoms with Crippen LogP contribution in [0.5, 0.6) is 11.6 Å². The number of ether oxygens (including phenoxy) is 2. The van der Waals surface area contributed by atoms with E-state index in [0.29, 0.717) is 22.9 Å². The minimum Gasteiger partial charge on any atom is -0.444 e. The Morgan fingerprint density at radius 1 is 1.29 bits per heavy atom. The smallest absolute Gasteiger partial charge is 0.412 e. The zero-order valence-electron chi connectivity index (χ0n) is 14.1. The van der Waals surface area contributed by atoms with Gasteiger partial charge >= 0.3 is 6.09 Å². The molecule has 1 amide bonds. The number of para-hydroxylation sites is 1. The highest BCUT2D eigenvalue weighted by molar-refractivity contribution is 5.85. The number of nitrogens with zero attached hydrogens (tertiary/aromatic N) is 2. The van der Waals surface area contributed by atoms with E-state index in [1.807, 2.05) is 6.92 Å². The SMILES string of the molecule is Cc1cc(Oc2ccccc2C#N)ncc1NC(=O)OC(C)(C)C. The molecular formula is C18H19N3O3. The van der Waals surface area contributed by atoms with E-state index in [0.717, 1.165) is 5.56 Å². The molecule has 0 saturated heterocycles. The van der Waals surface area contributed by atoms with Crippen molar-refractivity contribution in [3.63, 3.8) is 0 Å². The van der Waals surface area contributed by atoms with Crippen LogP contribution in [0.25, 0.3) is 0 Å². The van der Waals surface area contributed by atoms with Crippen LogP contribution >= 0.6 is 0 Å². The van der Waals surface area contributed by atoms with Gasteiger partial charge in [-0.3, -0.25) is 5.32 Å². The predicted octanol–water partition coefficient (Wildman–Crippen LogP) is 4.40. The number of nitrogens with one attached hydrogen (secondary N) is 1. The van der Waals surface area contributed by atoms with Crippen LogP contribution in [0.1, 0.15) is 31.9 Å². The third-order valence-corrected chi connectivity index (χ3v) is 2.94. The molecular weight excluding hydrogens is 306 g/mol. The first-order chi connectivity index (χ1) is 11.3. The average molecular weight is 325 g/mol. The summed E-state index contributed by atoms with van der Waals surface area (Å²) in [5.74, 6) is 0.768. The summed E-state index contributed by atoms with van der Waals surface area (Å²) in [7, 11) is 0. The van der Waals surface area contributed by atoms with Crippen molar-refractivity contribution in [1.29, 1.82) is 5.26 Å². The number of nitriles is 1. The minimum absolute atomic E-state index is 0.338. The molecule has 1 N–H and O–H groups in total. The Bertz CT molecular complexity index is 789. The fourth-order valence-electron chi connectivity index (χ4n) is 1.89. The average Bonchev–Trinajstić information content (AvgIpc) is 2.49. The van der Waals surface area contributed by atoms with Gasteiger partial charge in [-0.2, -0.15) is 5.26 Å². The maximum Gasteiger partial charge on any atom is 0.412 e. The van der Waals surface area contributed by atoms with Crippen LogP contribution in [0.15, 0.2) is 36.5 Å². The first-order valence-electron chi connectivity index (χ1n) is 7.42. The summed E-state index contributed by atoms with van der Waals surface area (Å²) < 4.78 is 10.9. The number of pyridine rings is 1. The lowest BCUT2D eigenvalue weighted by Gasteiger charge is -2.20. The summed E-state index contributed by atoms with van der Waals surface area (Å²) in [5, 5.41) is 11.7. The van der Waals surface area contributed by atoms with Crippen LogP contribution in [-0.2, 0) is 4.74 Å². The number of hydrogen-bond acceptors (Lipinski definition) is 5. The molecule has 1 heterocycles. The molecule has 2 rings (SSSR count). The van der Waals surface area contributed by atoms with Gasteiger partial charge < -0.3 is 9.47 Å². The van der Waals surface area contributed by atoms with Crippen molar-refractivity contribution in [3.05, 3.63) is 47.7 Å². The fourth-order valence-corrected chi connectivity index (χ4v) is 1.89. The number of anilines is 1. The normalized spacial score (nSPS) is 10.6. The first kappa shape index (κ1) is 17.3. The molecule has 6 heteroatoms. The highest BCUT2D eigenvalue weighted by atomic mass is 16.6. The molecule has 0 atom stereocenters. The third-order valence-electron chi connectivity index (χ3n) is 2.94. The largest absolute Gasteiger partial charge is 0.444 e. The molecule has 0 aliphatic rings. The number of carbonyl (C=O) groups is 1.